The molecule has 1 aliphatic rings. The van der Waals surface area contributed by atoms with Gasteiger partial charge in [-0.05, 0) is 35.7 Å². The van der Waals surface area contributed by atoms with E-state index in [-0.39, 0.29) is 5.41 Å². The minimum Gasteiger partial charge on any atom is -0.489 e. The normalized spacial score (nSPS) is 15.8. The van der Waals surface area contributed by atoms with Crippen molar-refractivity contribution < 1.29 is 4.74 Å². The summed E-state index contributed by atoms with van der Waals surface area (Å²) in [5.74, 6) is 0.927. The average molecular weight is 293 g/mol. The SMILES string of the molecule is C=C1N(C)c2c(C)cc(OCc3ccccc3)cc2C1(C)C. The van der Waals surface area contributed by atoms with Crippen LogP contribution in [0, 0.1) is 6.92 Å². The molecule has 22 heavy (non-hydrogen) atoms. The van der Waals surface area contributed by atoms with Crippen molar-refractivity contribution in [2.45, 2.75) is 32.8 Å². The Balaban J connectivity index is 1.92. The predicted octanol–water partition coefficient (Wildman–Crippen LogP) is 4.82. The van der Waals surface area contributed by atoms with E-state index in [1.54, 1.807) is 0 Å². The summed E-state index contributed by atoms with van der Waals surface area (Å²) in [6, 6.07) is 14.5. The first-order chi connectivity index (χ1) is 10.4. The van der Waals surface area contributed by atoms with Gasteiger partial charge in [0.2, 0.25) is 0 Å². The van der Waals surface area contributed by atoms with Crippen LogP contribution in [0.25, 0.3) is 0 Å². The molecular weight excluding hydrogens is 270 g/mol. The molecule has 0 atom stereocenters. The molecule has 0 N–H and O–H groups in total. The van der Waals surface area contributed by atoms with E-state index in [0.717, 1.165) is 11.4 Å². The van der Waals surface area contributed by atoms with Crippen molar-refractivity contribution in [3.05, 3.63) is 71.4 Å². The first-order valence-electron chi connectivity index (χ1n) is 7.66. The van der Waals surface area contributed by atoms with E-state index in [1.807, 2.05) is 18.2 Å². The first-order valence-corrected chi connectivity index (χ1v) is 7.66. The standard InChI is InChI=1S/C20H23NO/c1-14-11-17(22-13-16-9-7-6-8-10-16)12-18-19(14)21(5)15(2)20(18,3)4/h6-12H,2,13H2,1,3-5H3. The van der Waals surface area contributed by atoms with Gasteiger partial charge in [0.1, 0.15) is 12.4 Å². The van der Waals surface area contributed by atoms with Gasteiger partial charge in [0.25, 0.3) is 0 Å². The quantitative estimate of drug-likeness (QED) is 0.805. The molecule has 2 heteroatoms. The van der Waals surface area contributed by atoms with Gasteiger partial charge < -0.3 is 9.64 Å². The average Bonchev–Trinajstić information content (AvgIpc) is 2.68. The minimum absolute atomic E-state index is 0.0546. The molecule has 1 aliphatic heterocycles. The molecule has 2 aromatic carbocycles. The number of aryl methyl sites for hydroxylation is 1. The number of hydrogen-bond donors (Lipinski definition) is 0. The molecule has 0 spiro atoms. The molecule has 0 aromatic heterocycles. The molecule has 0 saturated heterocycles. The van der Waals surface area contributed by atoms with Crippen molar-refractivity contribution in [3.63, 3.8) is 0 Å². The summed E-state index contributed by atoms with van der Waals surface area (Å²) in [6.07, 6.45) is 0. The Labute approximate surface area is 133 Å². The van der Waals surface area contributed by atoms with Crippen LogP contribution in [0.3, 0.4) is 0 Å². The fraction of sp³-hybridized carbons (Fsp3) is 0.300. The second-order valence-electron chi connectivity index (χ2n) is 6.54. The van der Waals surface area contributed by atoms with E-state index in [0.29, 0.717) is 6.61 Å². The largest absolute Gasteiger partial charge is 0.489 e. The molecule has 0 aliphatic carbocycles. The lowest BCUT2D eigenvalue weighted by Gasteiger charge is -2.22. The van der Waals surface area contributed by atoms with Crippen LogP contribution in [0.1, 0.15) is 30.5 Å². The number of rotatable bonds is 3. The summed E-state index contributed by atoms with van der Waals surface area (Å²) in [7, 11) is 2.09. The molecule has 1 heterocycles. The third kappa shape index (κ3) is 2.29. The highest BCUT2D eigenvalue weighted by Gasteiger charge is 2.38. The van der Waals surface area contributed by atoms with Gasteiger partial charge in [-0.15, -0.1) is 0 Å². The first kappa shape index (κ1) is 14.7. The van der Waals surface area contributed by atoms with E-state index in [2.05, 4.69) is 63.6 Å². The molecule has 0 amide bonds. The maximum absolute atomic E-state index is 6.01. The zero-order valence-corrected chi connectivity index (χ0v) is 13.8. The summed E-state index contributed by atoms with van der Waals surface area (Å²) in [5, 5.41) is 0. The van der Waals surface area contributed by atoms with Gasteiger partial charge in [-0.25, -0.2) is 0 Å². The fourth-order valence-corrected chi connectivity index (χ4v) is 3.20. The Bertz CT molecular complexity index is 716. The highest BCUT2D eigenvalue weighted by atomic mass is 16.5. The van der Waals surface area contributed by atoms with Gasteiger partial charge in [-0.1, -0.05) is 50.8 Å². The Hall–Kier alpha value is -2.22. The number of hydrogen-bond acceptors (Lipinski definition) is 2. The molecule has 0 fully saturated rings. The topological polar surface area (TPSA) is 12.5 Å². The molecule has 3 rings (SSSR count). The number of fused-ring (bicyclic) bond motifs is 1. The molecule has 2 nitrogen and oxygen atoms in total. The minimum atomic E-state index is -0.0546. The van der Waals surface area contributed by atoms with Crippen LogP contribution in [0.15, 0.2) is 54.7 Å². The van der Waals surface area contributed by atoms with Gasteiger partial charge in [0.05, 0.1) is 0 Å². The summed E-state index contributed by atoms with van der Waals surface area (Å²) < 4.78 is 6.01. The molecule has 0 radical (unpaired) electrons. The Morgan fingerprint density at radius 3 is 2.50 bits per heavy atom. The van der Waals surface area contributed by atoms with Crippen LogP contribution in [0.4, 0.5) is 5.69 Å². The smallest absolute Gasteiger partial charge is 0.120 e. The van der Waals surface area contributed by atoms with Crippen LogP contribution < -0.4 is 9.64 Å². The Morgan fingerprint density at radius 1 is 1.14 bits per heavy atom. The maximum atomic E-state index is 6.01. The maximum Gasteiger partial charge on any atom is 0.120 e. The molecular formula is C20H23NO. The number of likely N-dealkylation sites (N-methyl/N-ethyl adjacent to an activating group) is 1. The van der Waals surface area contributed by atoms with E-state index in [4.69, 9.17) is 4.74 Å². The number of ether oxygens (including phenoxy) is 1. The highest BCUT2D eigenvalue weighted by Crippen LogP contribution is 2.49. The molecule has 2 aromatic rings. The summed E-state index contributed by atoms with van der Waals surface area (Å²) >= 11 is 0. The molecule has 0 unspecified atom stereocenters. The van der Waals surface area contributed by atoms with Crippen LogP contribution in [-0.2, 0) is 12.0 Å². The molecule has 0 saturated carbocycles. The zero-order chi connectivity index (χ0) is 15.9. The fourth-order valence-electron chi connectivity index (χ4n) is 3.20. The number of nitrogens with zero attached hydrogens (tertiary/aromatic N) is 1. The van der Waals surface area contributed by atoms with Crippen LogP contribution in [-0.4, -0.2) is 7.05 Å². The van der Waals surface area contributed by atoms with Crippen LogP contribution in [0.2, 0.25) is 0 Å². The second kappa shape index (κ2) is 5.20. The number of benzene rings is 2. The van der Waals surface area contributed by atoms with E-state index in [9.17, 15) is 0 Å². The highest BCUT2D eigenvalue weighted by molar-refractivity contribution is 5.74. The van der Waals surface area contributed by atoms with Gasteiger partial charge in [0.15, 0.2) is 0 Å². The van der Waals surface area contributed by atoms with Crippen LogP contribution >= 0.6 is 0 Å². The molecule has 0 bridgehead atoms. The molecule has 114 valence electrons. The lowest BCUT2D eigenvalue weighted by Crippen LogP contribution is -2.21. The summed E-state index contributed by atoms with van der Waals surface area (Å²) in [6.45, 7) is 11.4. The zero-order valence-electron chi connectivity index (χ0n) is 13.8. The van der Waals surface area contributed by atoms with Gasteiger partial charge in [-0.2, -0.15) is 0 Å². The van der Waals surface area contributed by atoms with Crippen LogP contribution in [0.5, 0.6) is 5.75 Å². The Kier molecular flexibility index (Phi) is 3.48. The number of anilines is 1. The van der Waals surface area contributed by atoms with Crippen molar-refractivity contribution in [3.8, 4) is 5.75 Å². The lowest BCUT2D eigenvalue weighted by atomic mass is 9.84. The van der Waals surface area contributed by atoms with E-state index < -0.39 is 0 Å². The van der Waals surface area contributed by atoms with Crippen molar-refractivity contribution in [1.82, 2.24) is 0 Å². The lowest BCUT2D eigenvalue weighted by molar-refractivity contribution is 0.305. The predicted molar refractivity (Wildman–Crippen MR) is 92.5 cm³/mol. The van der Waals surface area contributed by atoms with Gasteiger partial charge in [0, 0.05) is 23.8 Å². The third-order valence-electron chi connectivity index (χ3n) is 4.66. The van der Waals surface area contributed by atoms with Gasteiger partial charge in [-0.3, -0.25) is 0 Å². The third-order valence-corrected chi connectivity index (χ3v) is 4.66. The summed E-state index contributed by atoms with van der Waals surface area (Å²) in [4.78, 5) is 2.20. The second-order valence-corrected chi connectivity index (χ2v) is 6.54. The monoisotopic (exact) mass is 293 g/mol. The van der Waals surface area contributed by atoms with Gasteiger partial charge >= 0.3 is 0 Å². The Morgan fingerprint density at radius 2 is 1.82 bits per heavy atom. The summed E-state index contributed by atoms with van der Waals surface area (Å²) in [5.41, 5.74) is 6.05. The van der Waals surface area contributed by atoms with Crippen molar-refractivity contribution >= 4 is 5.69 Å². The van der Waals surface area contributed by atoms with Crippen molar-refractivity contribution in [2.24, 2.45) is 0 Å². The van der Waals surface area contributed by atoms with E-state index >= 15 is 0 Å². The van der Waals surface area contributed by atoms with Crippen molar-refractivity contribution in [2.75, 3.05) is 11.9 Å². The van der Waals surface area contributed by atoms with E-state index in [1.165, 1.54) is 22.4 Å². The number of allylic oxidation sites excluding steroid dienone is 1. The van der Waals surface area contributed by atoms with Crippen molar-refractivity contribution in [1.29, 1.82) is 0 Å².